The number of aliphatic hydroxyl groups is 1. The molecule has 106 valence electrons. The van der Waals surface area contributed by atoms with Crippen LogP contribution in [0, 0.1) is 11.7 Å². The highest BCUT2D eigenvalue weighted by Crippen LogP contribution is 2.20. The van der Waals surface area contributed by atoms with E-state index in [2.05, 4.69) is 21.2 Å². The zero-order valence-electron chi connectivity index (χ0n) is 11.3. The standard InChI is InChI=1S/C14H19BrFNO2/c1-9(2)7-14(3,19)8-17-13(18)12-10(15)5-4-6-11(12)16/h4-6,9,19H,7-8H2,1-3H3,(H,17,18). The Balaban J connectivity index is 2.71. The Bertz CT molecular complexity index is 441. The number of hydrogen-bond donors (Lipinski definition) is 2. The van der Waals surface area contributed by atoms with Crippen LogP contribution in [0.1, 0.15) is 37.6 Å². The van der Waals surface area contributed by atoms with E-state index in [4.69, 9.17) is 0 Å². The SMILES string of the molecule is CC(C)CC(C)(O)CNC(=O)c1c(F)cccc1Br. The molecule has 0 fully saturated rings. The Hall–Kier alpha value is -0.940. The van der Waals surface area contributed by atoms with Gasteiger partial charge in [-0.2, -0.15) is 0 Å². The molecule has 0 saturated carbocycles. The Morgan fingerprint density at radius 1 is 1.53 bits per heavy atom. The first-order chi connectivity index (χ1) is 8.73. The van der Waals surface area contributed by atoms with Crippen molar-refractivity contribution in [3.05, 3.63) is 34.1 Å². The quantitative estimate of drug-likeness (QED) is 0.870. The molecular weight excluding hydrogens is 313 g/mol. The van der Waals surface area contributed by atoms with E-state index in [-0.39, 0.29) is 12.1 Å². The monoisotopic (exact) mass is 331 g/mol. The van der Waals surface area contributed by atoms with Crippen molar-refractivity contribution < 1.29 is 14.3 Å². The molecule has 19 heavy (non-hydrogen) atoms. The molecular formula is C14H19BrFNO2. The fourth-order valence-electron chi connectivity index (χ4n) is 2.03. The van der Waals surface area contributed by atoms with Gasteiger partial charge in [-0.25, -0.2) is 4.39 Å². The molecule has 2 N–H and O–H groups in total. The fourth-order valence-corrected chi connectivity index (χ4v) is 2.55. The second-order valence-electron chi connectivity index (χ2n) is 5.37. The summed E-state index contributed by atoms with van der Waals surface area (Å²) in [7, 11) is 0. The molecule has 1 aromatic rings. The molecule has 1 aromatic carbocycles. The maximum atomic E-state index is 13.6. The molecule has 0 heterocycles. The number of carbonyl (C=O) groups is 1. The molecule has 0 spiro atoms. The number of hydrogen-bond acceptors (Lipinski definition) is 2. The minimum absolute atomic E-state index is 0.0390. The van der Waals surface area contributed by atoms with Crippen LogP contribution in [0.5, 0.6) is 0 Å². The van der Waals surface area contributed by atoms with E-state index in [1.54, 1.807) is 13.0 Å². The van der Waals surface area contributed by atoms with E-state index in [9.17, 15) is 14.3 Å². The van der Waals surface area contributed by atoms with Gasteiger partial charge in [-0.15, -0.1) is 0 Å². The first-order valence-electron chi connectivity index (χ1n) is 6.17. The van der Waals surface area contributed by atoms with Gasteiger partial charge in [0, 0.05) is 11.0 Å². The van der Waals surface area contributed by atoms with Gasteiger partial charge in [0.15, 0.2) is 0 Å². The minimum atomic E-state index is -0.998. The van der Waals surface area contributed by atoms with Crippen molar-refractivity contribution in [2.24, 2.45) is 5.92 Å². The highest BCUT2D eigenvalue weighted by Gasteiger charge is 2.24. The number of rotatable bonds is 5. The molecule has 5 heteroatoms. The van der Waals surface area contributed by atoms with Crippen LogP contribution in [0.2, 0.25) is 0 Å². The van der Waals surface area contributed by atoms with E-state index in [0.717, 1.165) is 0 Å². The van der Waals surface area contributed by atoms with Crippen molar-refractivity contribution in [2.75, 3.05) is 6.54 Å². The van der Waals surface area contributed by atoms with Crippen LogP contribution in [-0.2, 0) is 0 Å². The summed E-state index contributed by atoms with van der Waals surface area (Å²) in [5.41, 5.74) is -1.04. The summed E-state index contributed by atoms with van der Waals surface area (Å²) >= 11 is 3.15. The lowest BCUT2D eigenvalue weighted by Gasteiger charge is -2.25. The van der Waals surface area contributed by atoms with Gasteiger partial charge in [0.1, 0.15) is 5.82 Å². The number of nitrogens with one attached hydrogen (secondary N) is 1. The van der Waals surface area contributed by atoms with Crippen molar-refractivity contribution in [1.29, 1.82) is 0 Å². The molecule has 1 amide bonds. The Labute approximate surface area is 121 Å². The van der Waals surface area contributed by atoms with Crippen molar-refractivity contribution in [3.8, 4) is 0 Å². The lowest BCUT2D eigenvalue weighted by molar-refractivity contribution is 0.0367. The predicted molar refractivity (Wildman–Crippen MR) is 76.5 cm³/mol. The minimum Gasteiger partial charge on any atom is -0.388 e. The van der Waals surface area contributed by atoms with Crippen molar-refractivity contribution in [3.63, 3.8) is 0 Å². The molecule has 1 unspecified atom stereocenters. The van der Waals surface area contributed by atoms with Crippen LogP contribution in [0.25, 0.3) is 0 Å². The zero-order valence-corrected chi connectivity index (χ0v) is 12.9. The average Bonchev–Trinajstić information content (AvgIpc) is 2.24. The summed E-state index contributed by atoms with van der Waals surface area (Å²) in [5, 5.41) is 12.7. The van der Waals surface area contributed by atoms with Gasteiger partial charge in [-0.05, 0) is 47.3 Å². The van der Waals surface area contributed by atoms with Crippen molar-refractivity contribution in [1.82, 2.24) is 5.32 Å². The van der Waals surface area contributed by atoms with Gasteiger partial charge < -0.3 is 10.4 Å². The molecule has 0 bridgehead atoms. The topological polar surface area (TPSA) is 49.3 Å². The van der Waals surface area contributed by atoms with Crippen LogP contribution in [0.15, 0.2) is 22.7 Å². The molecule has 1 atom stereocenters. The Kier molecular flexibility index (Phi) is 5.50. The first-order valence-corrected chi connectivity index (χ1v) is 6.97. The molecule has 0 aliphatic heterocycles. The molecule has 0 radical (unpaired) electrons. The summed E-state index contributed by atoms with van der Waals surface area (Å²) in [6.45, 7) is 5.72. The molecule has 0 aromatic heterocycles. The van der Waals surface area contributed by atoms with Crippen LogP contribution in [0.3, 0.4) is 0 Å². The maximum absolute atomic E-state index is 13.6. The maximum Gasteiger partial charge on any atom is 0.255 e. The largest absolute Gasteiger partial charge is 0.388 e. The summed E-state index contributed by atoms with van der Waals surface area (Å²) < 4.78 is 14.0. The molecule has 0 saturated heterocycles. The van der Waals surface area contributed by atoms with Gasteiger partial charge in [0.25, 0.3) is 5.91 Å². The average molecular weight is 332 g/mol. The highest BCUT2D eigenvalue weighted by atomic mass is 79.9. The lowest BCUT2D eigenvalue weighted by atomic mass is 9.94. The number of carbonyl (C=O) groups excluding carboxylic acids is 1. The number of halogens is 2. The molecule has 3 nitrogen and oxygen atoms in total. The highest BCUT2D eigenvalue weighted by molar-refractivity contribution is 9.10. The third-order valence-corrected chi connectivity index (χ3v) is 3.33. The van der Waals surface area contributed by atoms with E-state index in [1.165, 1.54) is 12.1 Å². The van der Waals surface area contributed by atoms with E-state index in [1.807, 2.05) is 13.8 Å². The van der Waals surface area contributed by atoms with Crippen LogP contribution < -0.4 is 5.32 Å². The first kappa shape index (κ1) is 16.1. The molecule has 0 aliphatic rings. The van der Waals surface area contributed by atoms with Crippen molar-refractivity contribution in [2.45, 2.75) is 32.8 Å². The lowest BCUT2D eigenvalue weighted by Crippen LogP contribution is -2.41. The van der Waals surface area contributed by atoms with Gasteiger partial charge in [-0.1, -0.05) is 19.9 Å². The van der Waals surface area contributed by atoms with Gasteiger partial charge in [0.05, 0.1) is 11.2 Å². The summed E-state index contributed by atoms with van der Waals surface area (Å²) in [6, 6.07) is 4.35. The number of benzene rings is 1. The second-order valence-corrected chi connectivity index (χ2v) is 6.23. The number of amides is 1. The Morgan fingerprint density at radius 3 is 2.68 bits per heavy atom. The third-order valence-electron chi connectivity index (χ3n) is 2.67. The van der Waals surface area contributed by atoms with Crippen LogP contribution >= 0.6 is 15.9 Å². The summed E-state index contributed by atoms with van der Waals surface area (Å²) in [5.74, 6) is -0.809. The normalized spacial score (nSPS) is 14.3. The van der Waals surface area contributed by atoms with Gasteiger partial charge in [0.2, 0.25) is 0 Å². The zero-order chi connectivity index (χ0) is 14.6. The van der Waals surface area contributed by atoms with Gasteiger partial charge in [-0.3, -0.25) is 4.79 Å². The molecule has 0 aliphatic carbocycles. The molecule has 1 rings (SSSR count). The Morgan fingerprint density at radius 2 is 2.16 bits per heavy atom. The smallest absolute Gasteiger partial charge is 0.255 e. The van der Waals surface area contributed by atoms with E-state index < -0.39 is 17.3 Å². The van der Waals surface area contributed by atoms with E-state index in [0.29, 0.717) is 16.8 Å². The van der Waals surface area contributed by atoms with Crippen LogP contribution in [0.4, 0.5) is 4.39 Å². The van der Waals surface area contributed by atoms with Gasteiger partial charge >= 0.3 is 0 Å². The summed E-state index contributed by atoms with van der Waals surface area (Å²) in [4.78, 5) is 11.9. The van der Waals surface area contributed by atoms with E-state index >= 15 is 0 Å². The predicted octanol–water partition coefficient (Wildman–Crippen LogP) is 3.12. The third kappa shape index (κ3) is 4.91. The van der Waals surface area contributed by atoms with Crippen molar-refractivity contribution >= 4 is 21.8 Å². The fraction of sp³-hybridized carbons (Fsp3) is 0.500. The summed E-state index contributed by atoms with van der Waals surface area (Å²) in [6.07, 6.45) is 0.561. The second kappa shape index (κ2) is 6.48. The van der Waals surface area contributed by atoms with Crippen LogP contribution in [-0.4, -0.2) is 23.2 Å².